The summed E-state index contributed by atoms with van der Waals surface area (Å²) in [4.78, 5) is 0. The standard InChI is InChI=1S/C11H15ClF3NO3S/c1-9(5-12)7-20(17,18)16(8-11(13,14)15)6-10-3-2-4-19-10/h2-4,9H,5-8H2,1H3. The van der Waals surface area contributed by atoms with Crippen molar-refractivity contribution in [1.29, 1.82) is 0 Å². The Kier molecular flexibility index (Phi) is 5.91. The van der Waals surface area contributed by atoms with Crippen LogP contribution in [0.5, 0.6) is 0 Å². The zero-order valence-electron chi connectivity index (χ0n) is 10.7. The molecule has 4 nitrogen and oxygen atoms in total. The van der Waals surface area contributed by atoms with Crippen LogP contribution < -0.4 is 0 Å². The quantitative estimate of drug-likeness (QED) is 0.721. The molecule has 0 bridgehead atoms. The third-order valence-electron chi connectivity index (χ3n) is 2.42. The normalized spacial score (nSPS) is 14.7. The van der Waals surface area contributed by atoms with Gasteiger partial charge >= 0.3 is 6.18 Å². The van der Waals surface area contributed by atoms with Gasteiger partial charge in [0.2, 0.25) is 10.0 Å². The molecule has 0 saturated carbocycles. The molecule has 20 heavy (non-hydrogen) atoms. The van der Waals surface area contributed by atoms with Crippen LogP contribution in [0.1, 0.15) is 12.7 Å². The van der Waals surface area contributed by atoms with Crippen molar-refractivity contribution in [2.45, 2.75) is 19.6 Å². The van der Waals surface area contributed by atoms with Crippen LogP contribution in [-0.4, -0.2) is 37.1 Å². The van der Waals surface area contributed by atoms with E-state index in [-0.39, 0.29) is 11.6 Å². The van der Waals surface area contributed by atoms with Crippen molar-refractivity contribution in [3.63, 3.8) is 0 Å². The lowest BCUT2D eigenvalue weighted by molar-refractivity contribution is -0.137. The minimum absolute atomic E-state index is 0.0554. The van der Waals surface area contributed by atoms with Gasteiger partial charge in [0, 0.05) is 5.88 Å². The fraction of sp³-hybridized carbons (Fsp3) is 0.636. The van der Waals surface area contributed by atoms with Crippen LogP contribution in [0.2, 0.25) is 0 Å². The van der Waals surface area contributed by atoms with E-state index in [0.717, 1.165) is 0 Å². The maximum absolute atomic E-state index is 12.5. The summed E-state index contributed by atoms with van der Waals surface area (Å²) in [5, 5.41) is 0. The molecule has 0 amide bonds. The number of rotatable bonds is 7. The summed E-state index contributed by atoms with van der Waals surface area (Å²) in [5.41, 5.74) is 0. The van der Waals surface area contributed by atoms with Gasteiger partial charge in [0.05, 0.1) is 18.6 Å². The highest BCUT2D eigenvalue weighted by Crippen LogP contribution is 2.22. The van der Waals surface area contributed by atoms with Crippen LogP contribution in [-0.2, 0) is 16.6 Å². The second-order valence-corrected chi connectivity index (χ2v) is 6.82. The summed E-state index contributed by atoms with van der Waals surface area (Å²) in [6, 6.07) is 2.90. The van der Waals surface area contributed by atoms with Crippen LogP contribution >= 0.6 is 11.6 Å². The average molecular weight is 334 g/mol. The van der Waals surface area contributed by atoms with E-state index in [2.05, 4.69) is 0 Å². The van der Waals surface area contributed by atoms with E-state index in [0.29, 0.717) is 4.31 Å². The fourth-order valence-electron chi connectivity index (χ4n) is 1.54. The minimum atomic E-state index is -4.62. The SMILES string of the molecule is CC(CCl)CS(=O)(=O)N(Cc1ccco1)CC(F)(F)F. The first kappa shape index (κ1) is 17.3. The lowest BCUT2D eigenvalue weighted by atomic mass is 10.3. The van der Waals surface area contributed by atoms with Crippen molar-refractivity contribution in [3.05, 3.63) is 24.2 Å². The highest BCUT2D eigenvalue weighted by Gasteiger charge is 2.37. The van der Waals surface area contributed by atoms with Crippen molar-refractivity contribution in [2.24, 2.45) is 5.92 Å². The summed E-state index contributed by atoms with van der Waals surface area (Å²) >= 11 is 5.51. The molecule has 1 heterocycles. The summed E-state index contributed by atoms with van der Waals surface area (Å²) < 4.78 is 66.9. The number of hydrogen-bond acceptors (Lipinski definition) is 3. The molecule has 0 aliphatic rings. The van der Waals surface area contributed by atoms with E-state index in [1.807, 2.05) is 0 Å². The van der Waals surface area contributed by atoms with E-state index >= 15 is 0 Å². The molecule has 0 spiro atoms. The lowest BCUT2D eigenvalue weighted by Crippen LogP contribution is -2.40. The molecule has 1 aromatic rings. The van der Waals surface area contributed by atoms with Crippen LogP contribution in [0, 0.1) is 5.92 Å². The van der Waals surface area contributed by atoms with Crippen molar-refractivity contribution >= 4 is 21.6 Å². The minimum Gasteiger partial charge on any atom is -0.468 e. The number of halogens is 4. The average Bonchev–Trinajstić information content (AvgIpc) is 2.78. The molecule has 0 aromatic carbocycles. The van der Waals surface area contributed by atoms with Crippen molar-refractivity contribution in [1.82, 2.24) is 4.31 Å². The smallest absolute Gasteiger partial charge is 0.402 e. The predicted octanol–water partition coefficient (Wildman–Crippen LogP) is 2.85. The molecular formula is C11H15ClF3NO3S. The highest BCUT2D eigenvalue weighted by molar-refractivity contribution is 7.89. The third kappa shape index (κ3) is 5.72. The Morgan fingerprint density at radius 3 is 2.55 bits per heavy atom. The monoisotopic (exact) mass is 333 g/mol. The van der Waals surface area contributed by atoms with Crippen molar-refractivity contribution < 1.29 is 26.0 Å². The first-order valence-electron chi connectivity index (χ1n) is 5.77. The highest BCUT2D eigenvalue weighted by atomic mass is 35.5. The molecule has 0 aliphatic carbocycles. The maximum Gasteiger partial charge on any atom is 0.402 e. The van der Waals surface area contributed by atoms with Gasteiger partial charge in [0.1, 0.15) is 12.3 Å². The topological polar surface area (TPSA) is 50.5 Å². The van der Waals surface area contributed by atoms with Crippen LogP contribution in [0.4, 0.5) is 13.2 Å². The summed E-state index contributed by atoms with van der Waals surface area (Å²) in [6.07, 6.45) is -3.35. The van der Waals surface area contributed by atoms with Crippen molar-refractivity contribution in [3.8, 4) is 0 Å². The Hall–Kier alpha value is -0.730. The number of sulfonamides is 1. The van der Waals surface area contributed by atoms with E-state index in [1.165, 1.54) is 18.4 Å². The van der Waals surface area contributed by atoms with E-state index < -0.39 is 41.0 Å². The number of alkyl halides is 4. The number of nitrogens with zero attached hydrogens (tertiary/aromatic N) is 1. The fourth-order valence-corrected chi connectivity index (χ4v) is 3.49. The van der Waals surface area contributed by atoms with Gasteiger partial charge in [0.15, 0.2) is 0 Å². The van der Waals surface area contributed by atoms with Gasteiger partial charge in [-0.1, -0.05) is 6.92 Å². The van der Waals surface area contributed by atoms with Crippen LogP contribution in [0.3, 0.4) is 0 Å². The Morgan fingerprint density at radius 2 is 2.10 bits per heavy atom. The van der Waals surface area contributed by atoms with E-state index in [9.17, 15) is 21.6 Å². The van der Waals surface area contributed by atoms with Crippen LogP contribution in [0.15, 0.2) is 22.8 Å². The summed E-state index contributed by atoms with van der Waals surface area (Å²) in [5.74, 6) is -0.669. The zero-order chi connectivity index (χ0) is 15.4. The van der Waals surface area contributed by atoms with Gasteiger partial charge in [-0.05, 0) is 18.1 Å². The molecule has 0 saturated heterocycles. The first-order chi connectivity index (χ1) is 9.14. The molecule has 1 atom stereocenters. The molecule has 9 heteroatoms. The number of hydrogen-bond donors (Lipinski definition) is 0. The van der Waals surface area contributed by atoms with Crippen molar-refractivity contribution in [2.75, 3.05) is 18.2 Å². The Labute approximate surface area is 120 Å². The predicted molar refractivity (Wildman–Crippen MR) is 68.8 cm³/mol. The van der Waals surface area contributed by atoms with Gasteiger partial charge in [-0.3, -0.25) is 0 Å². The molecule has 0 fully saturated rings. The molecule has 1 unspecified atom stereocenters. The molecular weight excluding hydrogens is 319 g/mol. The van der Waals surface area contributed by atoms with Gasteiger partial charge in [0.25, 0.3) is 0 Å². The molecule has 0 radical (unpaired) electrons. The largest absolute Gasteiger partial charge is 0.468 e. The van der Waals surface area contributed by atoms with Gasteiger partial charge in [-0.15, -0.1) is 11.6 Å². The van der Waals surface area contributed by atoms with Crippen LogP contribution in [0.25, 0.3) is 0 Å². The molecule has 1 aromatic heterocycles. The molecule has 1 rings (SSSR count). The summed E-state index contributed by atoms with van der Waals surface area (Å²) in [7, 11) is -4.07. The maximum atomic E-state index is 12.5. The third-order valence-corrected chi connectivity index (χ3v) is 4.98. The second kappa shape index (κ2) is 6.82. The lowest BCUT2D eigenvalue weighted by Gasteiger charge is -2.23. The Balaban J connectivity index is 2.91. The Morgan fingerprint density at radius 1 is 1.45 bits per heavy atom. The van der Waals surface area contributed by atoms with Gasteiger partial charge in [-0.2, -0.15) is 17.5 Å². The first-order valence-corrected chi connectivity index (χ1v) is 7.91. The molecule has 0 aliphatic heterocycles. The Bertz CT molecular complexity index is 501. The second-order valence-electron chi connectivity index (χ2n) is 4.50. The molecule has 116 valence electrons. The van der Waals surface area contributed by atoms with E-state index in [1.54, 1.807) is 6.92 Å². The van der Waals surface area contributed by atoms with Gasteiger partial charge < -0.3 is 4.42 Å². The molecule has 0 N–H and O–H groups in total. The van der Waals surface area contributed by atoms with E-state index in [4.69, 9.17) is 16.0 Å². The summed E-state index contributed by atoms with van der Waals surface area (Å²) in [6.45, 7) is -0.446. The number of furan rings is 1. The zero-order valence-corrected chi connectivity index (χ0v) is 12.3. The van der Waals surface area contributed by atoms with Gasteiger partial charge in [-0.25, -0.2) is 8.42 Å².